The lowest BCUT2D eigenvalue weighted by Gasteiger charge is -2.45. The number of rotatable bonds is 3. The zero-order valence-corrected chi connectivity index (χ0v) is 14.9. The van der Waals surface area contributed by atoms with Crippen molar-refractivity contribution in [2.45, 2.75) is 18.5 Å². The Morgan fingerprint density at radius 2 is 1.92 bits per heavy atom. The van der Waals surface area contributed by atoms with E-state index in [0.29, 0.717) is 25.1 Å². The second kappa shape index (κ2) is 6.92. The minimum atomic E-state index is -0.608. The Labute approximate surface area is 155 Å². The van der Waals surface area contributed by atoms with Crippen molar-refractivity contribution in [1.29, 1.82) is 0 Å². The summed E-state index contributed by atoms with van der Waals surface area (Å²) in [5.74, 6) is -0.349. The van der Waals surface area contributed by atoms with Gasteiger partial charge in [0.2, 0.25) is 11.8 Å². The van der Waals surface area contributed by atoms with E-state index in [1.54, 1.807) is 33.3 Å². The second-order valence-corrected chi connectivity index (χ2v) is 7.54. The van der Waals surface area contributed by atoms with Gasteiger partial charge in [0.25, 0.3) is 5.91 Å². The van der Waals surface area contributed by atoms with Crippen LogP contribution >= 0.6 is 11.3 Å². The van der Waals surface area contributed by atoms with Crippen LogP contribution in [-0.4, -0.2) is 59.2 Å². The third-order valence-corrected chi connectivity index (χ3v) is 5.77. The first-order valence-corrected chi connectivity index (χ1v) is 9.49. The third kappa shape index (κ3) is 3.10. The molecule has 2 aliphatic heterocycles. The highest BCUT2D eigenvalue weighted by Gasteiger charge is 2.44. The van der Waals surface area contributed by atoms with E-state index in [4.69, 9.17) is 0 Å². The standard InChI is InChI=1S/C19H19N3O3S/c23-17-16-12-21(18(24)13-5-2-1-3-6-13)8-9-22(16)19(25)15(20-17)11-14-7-4-10-26-14/h1-7,10,15-16H,8-9,11-12H2,(H,20,23)/t15-,16+/m0/s1. The van der Waals surface area contributed by atoms with Crippen LogP contribution < -0.4 is 5.32 Å². The topological polar surface area (TPSA) is 69.7 Å². The third-order valence-electron chi connectivity index (χ3n) is 4.87. The average Bonchev–Trinajstić information content (AvgIpc) is 3.19. The van der Waals surface area contributed by atoms with Crippen molar-refractivity contribution >= 4 is 29.1 Å². The number of amides is 3. The Kier molecular flexibility index (Phi) is 4.46. The second-order valence-electron chi connectivity index (χ2n) is 6.51. The fourth-order valence-corrected chi connectivity index (χ4v) is 4.27. The maximum atomic E-state index is 12.8. The lowest BCUT2D eigenvalue weighted by Crippen LogP contribution is -2.70. The van der Waals surface area contributed by atoms with E-state index < -0.39 is 12.1 Å². The van der Waals surface area contributed by atoms with Crippen molar-refractivity contribution < 1.29 is 14.4 Å². The Morgan fingerprint density at radius 1 is 1.12 bits per heavy atom. The molecule has 3 amide bonds. The van der Waals surface area contributed by atoms with E-state index in [1.165, 1.54) is 0 Å². The first kappa shape index (κ1) is 16.8. The van der Waals surface area contributed by atoms with E-state index in [2.05, 4.69) is 5.32 Å². The summed E-state index contributed by atoms with van der Waals surface area (Å²) < 4.78 is 0. The van der Waals surface area contributed by atoms with Gasteiger partial charge in [0.1, 0.15) is 12.1 Å². The number of nitrogens with zero attached hydrogens (tertiary/aromatic N) is 2. The SMILES string of the molecule is O=C1N[C@@H](Cc2cccs2)C(=O)N2CCN(C(=O)c3ccccc3)C[C@H]12. The van der Waals surface area contributed by atoms with Crippen LogP contribution in [0.5, 0.6) is 0 Å². The average molecular weight is 369 g/mol. The maximum absolute atomic E-state index is 12.8. The molecule has 2 fully saturated rings. The number of thiophene rings is 1. The maximum Gasteiger partial charge on any atom is 0.253 e. The largest absolute Gasteiger partial charge is 0.342 e. The molecule has 6 nitrogen and oxygen atoms in total. The van der Waals surface area contributed by atoms with Gasteiger partial charge in [-0.25, -0.2) is 0 Å². The van der Waals surface area contributed by atoms with Crippen LogP contribution in [-0.2, 0) is 16.0 Å². The van der Waals surface area contributed by atoms with E-state index >= 15 is 0 Å². The number of piperazine rings is 2. The highest BCUT2D eigenvalue weighted by Crippen LogP contribution is 2.21. The van der Waals surface area contributed by atoms with Gasteiger partial charge in [0, 0.05) is 30.0 Å². The molecule has 0 saturated carbocycles. The molecule has 1 aromatic heterocycles. The number of nitrogens with one attached hydrogen (secondary N) is 1. The van der Waals surface area contributed by atoms with Crippen LogP contribution in [0.25, 0.3) is 0 Å². The van der Waals surface area contributed by atoms with E-state index in [9.17, 15) is 14.4 Å². The van der Waals surface area contributed by atoms with Gasteiger partial charge in [0.15, 0.2) is 0 Å². The summed E-state index contributed by atoms with van der Waals surface area (Å²) in [7, 11) is 0. The molecule has 2 aromatic rings. The molecule has 2 aliphatic rings. The summed E-state index contributed by atoms with van der Waals surface area (Å²) in [6.45, 7) is 1.06. The Morgan fingerprint density at radius 3 is 2.65 bits per heavy atom. The molecule has 0 spiro atoms. The van der Waals surface area contributed by atoms with Crippen molar-refractivity contribution in [2.24, 2.45) is 0 Å². The highest BCUT2D eigenvalue weighted by molar-refractivity contribution is 7.09. The number of benzene rings is 1. The van der Waals surface area contributed by atoms with Crippen LogP contribution in [0.4, 0.5) is 0 Å². The fourth-order valence-electron chi connectivity index (χ4n) is 3.52. The molecule has 1 N–H and O–H groups in total. The molecule has 0 aliphatic carbocycles. The Balaban J connectivity index is 1.47. The Hall–Kier alpha value is -2.67. The molecular formula is C19H19N3O3S. The van der Waals surface area contributed by atoms with Gasteiger partial charge < -0.3 is 15.1 Å². The molecule has 0 radical (unpaired) electrons. The van der Waals surface area contributed by atoms with Gasteiger partial charge in [-0.15, -0.1) is 11.3 Å². The minimum absolute atomic E-state index is 0.0604. The molecule has 26 heavy (non-hydrogen) atoms. The van der Waals surface area contributed by atoms with Crippen LogP contribution in [0.15, 0.2) is 47.8 Å². The quantitative estimate of drug-likeness (QED) is 0.882. The molecule has 4 rings (SSSR count). The van der Waals surface area contributed by atoms with Gasteiger partial charge in [0.05, 0.1) is 6.54 Å². The molecule has 2 saturated heterocycles. The van der Waals surface area contributed by atoms with Gasteiger partial charge in [-0.1, -0.05) is 24.3 Å². The lowest BCUT2D eigenvalue weighted by molar-refractivity contribution is -0.152. The van der Waals surface area contributed by atoms with Crippen LogP contribution in [0.3, 0.4) is 0 Å². The number of hydrogen-bond donors (Lipinski definition) is 1. The fraction of sp³-hybridized carbons (Fsp3) is 0.316. The molecule has 2 atom stereocenters. The van der Waals surface area contributed by atoms with Crippen molar-refractivity contribution in [3.05, 3.63) is 58.3 Å². The molecule has 0 bridgehead atoms. The minimum Gasteiger partial charge on any atom is -0.342 e. The lowest BCUT2D eigenvalue weighted by atomic mass is 10.0. The zero-order valence-electron chi connectivity index (χ0n) is 14.1. The normalized spacial score (nSPS) is 22.8. The Bertz CT molecular complexity index is 822. The summed E-state index contributed by atoms with van der Waals surface area (Å²) in [4.78, 5) is 42.4. The van der Waals surface area contributed by atoms with Crippen LogP contribution in [0.2, 0.25) is 0 Å². The van der Waals surface area contributed by atoms with E-state index in [-0.39, 0.29) is 24.3 Å². The summed E-state index contributed by atoms with van der Waals surface area (Å²) in [5.41, 5.74) is 0.596. The monoisotopic (exact) mass is 369 g/mol. The van der Waals surface area contributed by atoms with E-state index in [0.717, 1.165) is 4.88 Å². The molecular weight excluding hydrogens is 350 g/mol. The van der Waals surface area contributed by atoms with Crippen molar-refractivity contribution in [3.63, 3.8) is 0 Å². The smallest absolute Gasteiger partial charge is 0.253 e. The summed E-state index contributed by atoms with van der Waals surface area (Å²) >= 11 is 1.58. The van der Waals surface area contributed by atoms with Crippen LogP contribution in [0.1, 0.15) is 15.2 Å². The van der Waals surface area contributed by atoms with Gasteiger partial charge in [-0.2, -0.15) is 0 Å². The molecule has 1 aromatic carbocycles. The summed E-state index contributed by atoms with van der Waals surface area (Å²) in [5, 5.41) is 4.80. The van der Waals surface area contributed by atoms with Gasteiger partial charge >= 0.3 is 0 Å². The number of fused-ring (bicyclic) bond motifs is 1. The van der Waals surface area contributed by atoms with E-state index in [1.807, 2.05) is 35.7 Å². The van der Waals surface area contributed by atoms with Crippen molar-refractivity contribution in [2.75, 3.05) is 19.6 Å². The number of hydrogen-bond acceptors (Lipinski definition) is 4. The number of carbonyl (C=O) groups excluding carboxylic acids is 3. The first-order chi connectivity index (χ1) is 12.6. The van der Waals surface area contributed by atoms with Crippen molar-refractivity contribution in [1.82, 2.24) is 15.1 Å². The van der Waals surface area contributed by atoms with Gasteiger partial charge in [-0.3, -0.25) is 14.4 Å². The summed E-state index contributed by atoms with van der Waals surface area (Å²) in [6, 6.07) is 11.8. The first-order valence-electron chi connectivity index (χ1n) is 8.61. The molecule has 7 heteroatoms. The predicted octanol–water partition coefficient (Wildman–Crippen LogP) is 1.14. The highest BCUT2D eigenvalue weighted by atomic mass is 32.1. The van der Waals surface area contributed by atoms with Crippen molar-refractivity contribution in [3.8, 4) is 0 Å². The summed E-state index contributed by atoms with van der Waals surface area (Å²) in [6.07, 6.45) is 0.512. The van der Waals surface area contributed by atoms with Gasteiger partial charge in [-0.05, 0) is 23.6 Å². The molecule has 3 heterocycles. The van der Waals surface area contributed by atoms with Crippen LogP contribution in [0, 0.1) is 0 Å². The molecule has 134 valence electrons. The predicted molar refractivity (Wildman–Crippen MR) is 97.8 cm³/mol. The number of carbonyl (C=O) groups is 3. The molecule has 0 unspecified atom stereocenters. The zero-order chi connectivity index (χ0) is 18.1.